The molecule has 8 nitrogen and oxygen atoms in total. The zero-order valence-electron chi connectivity index (χ0n) is 14.9. The van der Waals surface area contributed by atoms with Crippen molar-refractivity contribution in [3.63, 3.8) is 0 Å². The van der Waals surface area contributed by atoms with Crippen LogP contribution in [0.25, 0.3) is 5.69 Å². The number of carbonyl (C=O) groups excluding carboxylic acids is 1. The molecule has 0 spiro atoms. The van der Waals surface area contributed by atoms with Crippen LogP contribution >= 0.6 is 11.6 Å². The predicted octanol–water partition coefficient (Wildman–Crippen LogP) is 2.90. The number of halogens is 1. The van der Waals surface area contributed by atoms with Gasteiger partial charge in [-0.1, -0.05) is 17.7 Å². The van der Waals surface area contributed by atoms with Gasteiger partial charge in [-0.2, -0.15) is 10.2 Å². The molecule has 1 aliphatic rings. The highest BCUT2D eigenvalue weighted by atomic mass is 35.5. The summed E-state index contributed by atoms with van der Waals surface area (Å²) in [5.74, 6) is -1.11. The summed E-state index contributed by atoms with van der Waals surface area (Å²) in [6.07, 6.45) is 6.05. The van der Waals surface area contributed by atoms with Gasteiger partial charge in [-0.15, -0.1) is 0 Å². The molecule has 1 saturated heterocycles. The van der Waals surface area contributed by atoms with Crippen LogP contribution in [0.15, 0.2) is 48.9 Å². The summed E-state index contributed by atoms with van der Waals surface area (Å²) in [7, 11) is 0. The van der Waals surface area contributed by atoms with E-state index in [0.717, 1.165) is 5.69 Å². The number of aromatic nitrogens is 4. The molecule has 2 aromatic heterocycles. The number of nitrogens with zero attached hydrogens (tertiary/aromatic N) is 5. The van der Waals surface area contributed by atoms with Crippen LogP contribution in [0.4, 0.5) is 0 Å². The van der Waals surface area contributed by atoms with Gasteiger partial charge in [0.15, 0.2) is 5.69 Å². The lowest BCUT2D eigenvalue weighted by Crippen LogP contribution is -2.39. The predicted molar refractivity (Wildman–Crippen MR) is 102 cm³/mol. The van der Waals surface area contributed by atoms with E-state index >= 15 is 0 Å². The first-order chi connectivity index (χ1) is 13.5. The van der Waals surface area contributed by atoms with Crippen molar-refractivity contribution in [1.82, 2.24) is 24.5 Å². The second-order valence-corrected chi connectivity index (χ2v) is 7.10. The SMILES string of the molecule is O=C(O)c1cnn(C2CCN(C(=O)c3ccn(-c4cccc(Cl)c4)n3)CC2)c1. The van der Waals surface area contributed by atoms with Gasteiger partial charge in [0.25, 0.3) is 5.91 Å². The van der Waals surface area contributed by atoms with Crippen molar-refractivity contribution in [3.05, 3.63) is 65.2 Å². The highest BCUT2D eigenvalue weighted by Crippen LogP contribution is 2.23. The normalized spacial score (nSPS) is 15.0. The Morgan fingerprint density at radius 3 is 2.64 bits per heavy atom. The molecule has 3 aromatic rings. The number of aromatic carboxylic acids is 1. The van der Waals surface area contributed by atoms with Gasteiger partial charge in [-0.3, -0.25) is 9.48 Å². The lowest BCUT2D eigenvalue weighted by Gasteiger charge is -2.31. The van der Waals surface area contributed by atoms with Crippen molar-refractivity contribution in [2.24, 2.45) is 0 Å². The van der Waals surface area contributed by atoms with Crippen molar-refractivity contribution in [1.29, 1.82) is 0 Å². The molecule has 4 rings (SSSR count). The summed E-state index contributed by atoms with van der Waals surface area (Å²) < 4.78 is 3.31. The van der Waals surface area contributed by atoms with E-state index in [1.54, 1.807) is 38.7 Å². The number of hydrogen-bond donors (Lipinski definition) is 1. The van der Waals surface area contributed by atoms with E-state index in [1.807, 2.05) is 12.1 Å². The molecule has 0 radical (unpaired) electrons. The van der Waals surface area contributed by atoms with Gasteiger partial charge in [-0.25, -0.2) is 9.48 Å². The number of piperidine rings is 1. The standard InChI is InChI=1S/C19H18ClN5O3/c20-14-2-1-3-16(10-14)24-9-6-17(22-24)18(26)23-7-4-15(5-8-23)25-12-13(11-21-25)19(27)28/h1-3,6,9-12,15H,4-5,7-8H2,(H,27,28). The molecule has 3 heterocycles. The Morgan fingerprint density at radius 1 is 1.18 bits per heavy atom. The molecule has 0 aliphatic carbocycles. The van der Waals surface area contributed by atoms with Crippen LogP contribution in [0.3, 0.4) is 0 Å². The molecule has 0 saturated carbocycles. The third kappa shape index (κ3) is 3.63. The maximum Gasteiger partial charge on any atom is 0.338 e. The number of rotatable bonds is 4. The van der Waals surface area contributed by atoms with Gasteiger partial charge in [0.2, 0.25) is 0 Å². The molecule has 28 heavy (non-hydrogen) atoms. The summed E-state index contributed by atoms with van der Waals surface area (Å²) in [5, 5.41) is 18.1. The van der Waals surface area contributed by atoms with Crippen LogP contribution in [0.1, 0.15) is 39.7 Å². The minimum absolute atomic E-state index is 0.0844. The highest BCUT2D eigenvalue weighted by molar-refractivity contribution is 6.30. The van der Waals surface area contributed by atoms with E-state index in [0.29, 0.717) is 36.6 Å². The summed E-state index contributed by atoms with van der Waals surface area (Å²) in [6.45, 7) is 1.13. The first-order valence-corrected chi connectivity index (χ1v) is 9.27. The number of carboxylic acid groups (broad SMARTS) is 1. The van der Waals surface area contributed by atoms with Crippen molar-refractivity contribution < 1.29 is 14.7 Å². The molecular formula is C19H18ClN5O3. The van der Waals surface area contributed by atoms with Crippen molar-refractivity contribution in [2.75, 3.05) is 13.1 Å². The first-order valence-electron chi connectivity index (χ1n) is 8.89. The van der Waals surface area contributed by atoms with Gasteiger partial charge in [0, 0.05) is 30.5 Å². The van der Waals surface area contributed by atoms with E-state index < -0.39 is 5.97 Å². The van der Waals surface area contributed by atoms with E-state index in [9.17, 15) is 9.59 Å². The van der Waals surface area contributed by atoms with Crippen molar-refractivity contribution in [2.45, 2.75) is 18.9 Å². The Bertz CT molecular complexity index is 1020. The van der Waals surface area contributed by atoms with E-state index in [2.05, 4.69) is 10.2 Å². The number of likely N-dealkylation sites (tertiary alicyclic amines) is 1. The summed E-state index contributed by atoms with van der Waals surface area (Å²) in [4.78, 5) is 25.5. The molecule has 9 heteroatoms. The largest absolute Gasteiger partial charge is 0.478 e. The Labute approximate surface area is 165 Å². The van der Waals surface area contributed by atoms with Crippen LogP contribution < -0.4 is 0 Å². The Kier molecular flexibility index (Phi) is 4.87. The second kappa shape index (κ2) is 7.47. The van der Waals surface area contributed by atoms with E-state index in [-0.39, 0.29) is 17.5 Å². The quantitative estimate of drug-likeness (QED) is 0.728. The Morgan fingerprint density at radius 2 is 1.96 bits per heavy atom. The zero-order valence-corrected chi connectivity index (χ0v) is 15.7. The van der Waals surface area contributed by atoms with Gasteiger partial charge in [0.1, 0.15) is 0 Å². The maximum atomic E-state index is 12.8. The fourth-order valence-corrected chi connectivity index (χ4v) is 3.53. The summed E-state index contributed by atoms with van der Waals surface area (Å²) >= 11 is 6.01. The molecule has 1 amide bonds. The van der Waals surface area contributed by atoms with Crippen LogP contribution in [0, 0.1) is 0 Å². The lowest BCUT2D eigenvalue weighted by atomic mass is 10.0. The average molecular weight is 400 g/mol. The molecule has 1 fully saturated rings. The van der Waals surface area contributed by atoms with Crippen LogP contribution in [0.5, 0.6) is 0 Å². The Balaban J connectivity index is 1.41. The van der Waals surface area contributed by atoms with E-state index in [4.69, 9.17) is 16.7 Å². The maximum absolute atomic E-state index is 12.8. The Hall–Kier alpha value is -3.13. The van der Waals surface area contributed by atoms with Crippen LogP contribution in [-0.4, -0.2) is 54.5 Å². The number of benzene rings is 1. The minimum atomic E-state index is -0.992. The first kappa shape index (κ1) is 18.2. The van der Waals surface area contributed by atoms with Crippen molar-refractivity contribution in [3.8, 4) is 5.69 Å². The number of carboxylic acids is 1. The third-order valence-electron chi connectivity index (χ3n) is 4.86. The summed E-state index contributed by atoms with van der Waals surface area (Å²) in [6, 6.07) is 9.04. The smallest absolute Gasteiger partial charge is 0.338 e. The molecule has 0 unspecified atom stereocenters. The van der Waals surface area contributed by atoms with Gasteiger partial charge < -0.3 is 10.0 Å². The fourth-order valence-electron chi connectivity index (χ4n) is 3.34. The summed E-state index contributed by atoms with van der Waals surface area (Å²) in [5.41, 5.74) is 1.34. The van der Waals surface area contributed by atoms with Gasteiger partial charge in [0.05, 0.1) is 23.5 Å². The van der Waals surface area contributed by atoms with Gasteiger partial charge in [-0.05, 0) is 37.1 Å². The number of carbonyl (C=O) groups is 2. The monoisotopic (exact) mass is 399 g/mol. The molecule has 0 atom stereocenters. The minimum Gasteiger partial charge on any atom is -0.478 e. The van der Waals surface area contributed by atoms with Gasteiger partial charge >= 0.3 is 5.97 Å². The lowest BCUT2D eigenvalue weighted by molar-refractivity contribution is 0.0682. The second-order valence-electron chi connectivity index (χ2n) is 6.66. The van der Waals surface area contributed by atoms with Crippen molar-refractivity contribution >= 4 is 23.5 Å². The molecule has 1 N–H and O–H groups in total. The van der Waals surface area contributed by atoms with E-state index in [1.165, 1.54) is 12.4 Å². The highest BCUT2D eigenvalue weighted by Gasteiger charge is 2.26. The molecule has 1 aliphatic heterocycles. The average Bonchev–Trinajstić information content (AvgIpc) is 3.38. The fraction of sp³-hybridized carbons (Fsp3) is 0.263. The molecule has 1 aromatic carbocycles. The molecular weight excluding hydrogens is 382 g/mol. The third-order valence-corrected chi connectivity index (χ3v) is 5.09. The number of amides is 1. The molecule has 0 bridgehead atoms. The topological polar surface area (TPSA) is 93.3 Å². The van der Waals surface area contributed by atoms with Crippen LogP contribution in [0.2, 0.25) is 5.02 Å². The zero-order chi connectivity index (χ0) is 19.7. The van der Waals surface area contributed by atoms with Crippen LogP contribution in [-0.2, 0) is 0 Å². The number of hydrogen-bond acceptors (Lipinski definition) is 4. The molecule has 144 valence electrons.